The summed E-state index contributed by atoms with van der Waals surface area (Å²) >= 11 is 0. The molecule has 0 saturated carbocycles. The van der Waals surface area contributed by atoms with Gasteiger partial charge in [-0.3, -0.25) is 14.2 Å². The van der Waals surface area contributed by atoms with Crippen LogP contribution in [0.25, 0.3) is 0 Å². The number of phosphoric ester groups is 1. The first kappa shape index (κ1) is 54.2. The van der Waals surface area contributed by atoms with E-state index in [1.54, 1.807) is 0 Å². The standard InChI is InChI=1S/C46H86NO8P/c1-6-8-10-12-14-16-18-20-22-23-25-27-29-31-33-35-37-39-46(49)55-44(43-54-56(50,51)53-41-40-47(3,4)5)42-52-45(48)38-36-34-32-30-28-26-24-21-19-17-15-13-11-9-7-2/h14,16,20-22,24,44H,6-13,15,17-19,23,25-43H2,1-5H3/b16-14+,22-20+,24-21+/t44-/m1/s1. The van der Waals surface area contributed by atoms with Gasteiger partial charge in [-0.15, -0.1) is 0 Å². The first-order valence-corrected chi connectivity index (χ1v) is 24.2. The lowest BCUT2D eigenvalue weighted by Crippen LogP contribution is -2.37. The van der Waals surface area contributed by atoms with Crippen LogP contribution < -0.4 is 4.89 Å². The zero-order valence-electron chi connectivity index (χ0n) is 36.8. The molecule has 2 atom stereocenters. The summed E-state index contributed by atoms with van der Waals surface area (Å²) in [5, 5.41) is 0. The van der Waals surface area contributed by atoms with Gasteiger partial charge in [0.05, 0.1) is 27.7 Å². The van der Waals surface area contributed by atoms with Gasteiger partial charge >= 0.3 is 11.9 Å². The van der Waals surface area contributed by atoms with Crippen LogP contribution in [0.15, 0.2) is 36.5 Å². The van der Waals surface area contributed by atoms with E-state index >= 15 is 0 Å². The summed E-state index contributed by atoms with van der Waals surface area (Å²) in [6.45, 7) is 4.18. The smallest absolute Gasteiger partial charge is 0.306 e. The van der Waals surface area contributed by atoms with Gasteiger partial charge in [-0.2, -0.15) is 0 Å². The number of carbonyl (C=O) groups is 2. The number of nitrogens with zero attached hydrogens (tertiary/aromatic N) is 1. The molecule has 0 aromatic carbocycles. The number of phosphoric acid groups is 1. The normalized spacial score (nSPS) is 13.9. The minimum absolute atomic E-state index is 0.0339. The summed E-state index contributed by atoms with van der Waals surface area (Å²) in [7, 11) is 1.15. The summed E-state index contributed by atoms with van der Waals surface area (Å²) in [5.74, 6) is -0.851. The quantitative estimate of drug-likeness (QED) is 0.0197. The topological polar surface area (TPSA) is 111 Å². The number of rotatable bonds is 41. The Morgan fingerprint density at radius 3 is 1.46 bits per heavy atom. The third-order valence-electron chi connectivity index (χ3n) is 9.63. The van der Waals surface area contributed by atoms with Crippen molar-refractivity contribution >= 4 is 19.8 Å². The van der Waals surface area contributed by atoms with E-state index in [4.69, 9.17) is 18.5 Å². The van der Waals surface area contributed by atoms with E-state index in [0.717, 1.165) is 70.6 Å². The van der Waals surface area contributed by atoms with Crippen LogP contribution in [0.5, 0.6) is 0 Å². The van der Waals surface area contributed by atoms with Crippen LogP contribution in [-0.4, -0.2) is 70.0 Å². The first-order chi connectivity index (χ1) is 27.0. The lowest BCUT2D eigenvalue weighted by molar-refractivity contribution is -0.870. The van der Waals surface area contributed by atoms with Crippen LogP contribution in [0.4, 0.5) is 0 Å². The monoisotopic (exact) mass is 812 g/mol. The SMILES string of the molecule is CCCCC/C=C/C/C=C/CCCCCCCCCC(=O)O[C@H](COC(=O)CCCCCCC/C=C/CCCCCCCC)COP(=O)([O-])OCC[N+](C)(C)C. The highest BCUT2D eigenvalue weighted by Crippen LogP contribution is 2.38. The average molecular weight is 812 g/mol. The van der Waals surface area contributed by atoms with Crippen LogP contribution in [0.1, 0.15) is 194 Å². The predicted octanol–water partition coefficient (Wildman–Crippen LogP) is 12.3. The van der Waals surface area contributed by atoms with Gasteiger partial charge < -0.3 is 27.9 Å². The molecule has 0 fully saturated rings. The van der Waals surface area contributed by atoms with Gasteiger partial charge in [0.1, 0.15) is 19.8 Å². The van der Waals surface area contributed by atoms with Crippen molar-refractivity contribution in [1.82, 2.24) is 0 Å². The van der Waals surface area contributed by atoms with Gasteiger partial charge in [-0.25, -0.2) is 0 Å². The Bertz CT molecular complexity index is 1050. The fourth-order valence-electron chi connectivity index (χ4n) is 6.03. The summed E-state index contributed by atoms with van der Waals surface area (Å²) in [5.41, 5.74) is 0. The lowest BCUT2D eigenvalue weighted by Gasteiger charge is -2.28. The number of unbranched alkanes of at least 4 members (excludes halogenated alkanes) is 21. The molecule has 0 aromatic heterocycles. The maximum Gasteiger partial charge on any atom is 0.306 e. The Labute approximate surface area is 344 Å². The Morgan fingerprint density at radius 1 is 0.554 bits per heavy atom. The Balaban J connectivity index is 4.37. The number of ether oxygens (including phenoxy) is 2. The Hall–Kier alpha value is -1.77. The number of hydrogen-bond acceptors (Lipinski definition) is 8. The van der Waals surface area contributed by atoms with E-state index in [0.29, 0.717) is 17.4 Å². The van der Waals surface area contributed by atoms with Gasteiger partial charge in [-0.1, -0.05) is 147 Å². The summed E-state index contributed by atoms with van der Waals surface area (Å²) < 4.78 is 33.9. The molecule has 0 rings (SSSR count). The molecule has 0 N–H and O–H groups in total. The van der Waals surface area contributed by atoms with E-state index in [2.05, 4.69) is 50.3 Å². The number of allylic oxidation sites excluding steroid dienone is 6. The van der Waals surface area contributed by atoms with E-state index in [1.165, 1.54) is 89.9 Å². The van der Waals surface area contributed by atoms with Gasteiger partial charge in [0.15, 0.2) is 6.10 Å². The molecule has 0 aliphatic carbocycles. The molecule has 0 radical (unpaired) electrons. The molecule has 0 amide bonds. The molecular weight excluding hydrogens is 725 g/mol. The molecule has 0 aromatic rings. The van der Waals surface area contributed by atoms with E-state index in [1.807, 2.05) is 21.1 Å². The molecule has 0 saturated heterocycles. The molecule has 328 valence electrons. The van der Waals surface area contributed by atoms with Crippen molar-refractivity contribution in [3.05, 3.63) is 36.5 Å². The van der Waals surface area contributed by atoms with Gasteiger partial charge in [0.2, 0.25) is 0 Å². The second-order valence-corrected chi connectivity index (χ2v) is 17.8. The first-order valence-electron chi connectivity index (χ1n) is 22.7. The molecule has 9 nitrogen and oxygen atoms in total. The van der Waals surface area contributed by atoms with Crippen LogP contribution in [-0.2, 0) is 32.7 Å². The molecule has 10 heteroatoms. The van der Waals surface area contributed by atoms with Crippen molar-refractivity contribution in [3.8, 4) is 0 Å². The van der Waals surface area contributed by atoms with Crippen molar-refractivity contribution in [1.29, 1.82) is 0 Å². The molecular formula is C46H86NO8P. The third-order valence-corrected chi connectivity index (χ3v) is 10.6. The molecule has 0 aliphatic heterocycles. The predicted molar refractivity (Wildman–Crippen MR) is 231 cm³/mol. The van der Waals surface area contributed by atoms with Gasteiger partial charge in [0.25, 0.3) is 7.82 Å². The van der Waals surface area contributed by atoms with Crippen LogP contribution in [0.2, 0.25) is 0 Å². The number of likely N-dealkylation sites (N-methyl/N-ethyl adjacent to an activating group) is 1. The molecule has 0 bridgehead atoms. The molecule has 0 spiro atoms. The largest absolute Gasteiger partial charge is 0.756 e. The Morgan fingerprint density at radius 2 is 0.964 bits per heavy atom. The van der Waals surface area contributed by atoms with E-state index in [-0.39, 0.29) is 26.1 Å². The minimum atomic E-state index is -4.63. The highest BCUT2D eigenvalue weighted by atomic mass is 31.2. The minimum Gasteiger partial charge on any atom is -0.756 e. The van der Waals surface area contributed by atoms with E-state index in [9.17, 15) is 19.0 Å². The number of carbonyl (C=O) groups excluding carboxylic acids is 2. The fraction of sp³-hybridized carbons (Fsp3) is 0.826. The molecule has 0 aliphatic rings. The maximum atomic E-state index is 12.7. The second-order valence-electron chi connectivity index (χ2n) is 16.4. The van der Waals surface area contributed by atoms with Crippen molar-refractivity contribution < 1.29 is 42.1 Å². The number of hydrogen-bond donors (Lipinski definition) is 0. The van der Waals surface area contributed by atoms with Crippen LogP contribution in [0, 0.1) is 0 Å². The molecule has 0 heterocycles. The summed E-state index contributed by atoms with van der Waals surface area (Å²) in [6, 6.07) is 0. The third kappa shape index (κ3) is 41.9. The zero-order valence-corrected chi connectivity index (χ0v) is 37.7. The van der Waals surface area contributed by atoms with E-state index < -0.39 is 32.5 Å². The summed E-state index contributed by atoms with van der Waals surface area (Å²) in [6.07, 6.45) is 43.0. The maximum absolute atomic E-state index is 12.7. The second kappa shape index (κ2) is 38.7. The van der Waals surface area contributed by atoms with Gasteiger partial charge in [-0.05, 0) is 70.6 Å². The highest BCUT2D eigenvalue weighted by Gasteiger charge is 2.21. The van der Waals surface area contributed by atoms with Crippen molar-refractivity contribution in [2.75, 3.05) is 47.5 Å². The van der Waals surface area contributed by atoms with Crippen LogP contribution >= 0.6 is 7.82 Å². The zero-order chi connectivity index (χ0) is 41.4. The average Bonchev–Trinajstić information content (AvgIpc) is 3.15. The fourth-order valence-corrected chi connectivity index (χ4v) is 6.76. The number of quaternary nitrogens is 1. The summed E-state index contributed by atoms with van der Waals surface area (Å²) in [4.78, 5) is 37.5. The number of esters is 2. The Kier molecular flexibility index (Phi) is 37.5. The van der Waals surface area contributed by atoms with Crippen LogP contribution in [0.3, 0.4) is 0 Å². The lowest BCUT2D eigenvalue weighted by atomic mass is 10.1. The molecule has 56 heavy (non-hydrogen) atoms. The van der Waals surface area contributed by atoms with Gasteiger partial charge in [0, 0.05) is 12.8 Å². The molecule has 1 unspecified atom stereocenters. The van der Waals surface area contributed by atoms with Crippen molar-refractivity contribution in [3.63, 3.8) is 0 Å². The highest BCUT2D eigenvalue weighted by molar-refractivity contribution is 7.45. The van der Waals surface area contributed by atoms with Crippen molar-refractivity contribution in [2.45, 2.75) is 200 Å². The van der Waals surface area contributed by atoms with Crippen molar-refractivity contribution in [2.24, 2.45) is 0 Å².